The van der Waals surface area contributed by atoms with Gasteiger partial charge in [0.25, 0.3) is 0 Å². The molecule has 0 radical (unpaired) electrons. The highest BCUT2D eigenvalue weighted by molar-refractivity contribution is 5.10. The lowest BCUT2D eigenvalue weighted by Crippen LogP contribution is -2.17. The zero-order valence-electron chi connectivity index (χ0n) is 8.55. The number of furan rings is 1. The molecule has 2 nitrogen and oxygen atoms in total. The van der Waals surface area contributed by atoms with E-state index in [1.807, 2.05) is 12.3 Å². The molecule has 1 N–H and O–H groups in total. The SMILES string of the molecule is CCCNCCC(C)c1ccoc1. The minimum absolute atomic E-state index is 0.600. The second kappa shape index (κ2) is 5.81. The molecule has 74 valence electrons. The molecule has 1 rings (SSSR count). The summed E-state index contributed by atoms with van der Waals surface area (Å²) >= 11 is 0. The second-order valence-electron chi connectivity index (χ2n) is 3.50. The van der Waals surface area contributed by atoms with Crippen molar-refractivity contribution in [3.63, 3.8) is 0 Å². The van der Waals surface area contributed by atoms with Crippen LogP contribution >= 0.6 is 0 Å². The van der Waals surface area contributed by atoms with E-state index >= 15 is 0 Å². The van der Waals surface area contributed by atoms with Gasteiger partial charge in [0.05, 0.1) is 12.5 Å². The van der Waals surface area contributed by atoms with E-state index in [1.54, 1.807) is 6.26 Å². The molecule has 13 heavy (non-hydrogen) atoms. The van der Waals surface area contributed by atoms with Gasteiger partial charge in [0.15, 0.2) is 0 Å². The maximum atomic E-state index is 5.04. The van der Waals surface area contributed by atoms with Gasteiger partial charge < -0.3 is 9.73 Å². The Hall–Kier alpha value is -0.760. The summed E-state index contributed by atoms with van der Waals surface area (Å²) in [4.78, 5) is 0. The molecular weight excluding hydrogens is 162 g/mol. The lowest BCUT2D eigenvalue weighted by Gasteiger charge is -2.08. The Morgan fingerprint density at radius 1 is 1.46 bits per heavy atom. The predicted octanol–water partition coefficient (Wildman–Crippen LogP) is 2.77. The van der Waals surface area contributed by atoms with E-state index in [1.165, 1.54) is 18.4 Å². The van der Waals surface area contributed by atoms with Crippen molar-refractivity contribution in [3.05, 3.63) is 24.2 Å². The molecule has 1 atom stereocenters. The maximum absolute atomic E-state index is 5.04. The largest absolute Gasteiger partial charge is 0.472 e. The Kier molecular flexibility index (Phi) is 4.61. The smallest absolute Gasteiger partial charge is 0.0937 e. The molecule has 0 bridgehead atoms. The summed E-state index contributed by atoms with van der Waals surface area (Å²) < 4.78 is 5.04. The van der Waals surface area contributed by atoms with E-state index in [9.17, 15) is 0 Å². The molecule has 1 aromatic heterocycles. The van der Waals surface area contributed by atoms with Crippen LogP contribution in [-0.2, 0) is 0 Å². The van der Waals surface area contributed by atoms with Gasteiger partial charge >= 0.3 is 0 Å². The van der Waals surface area contributed by atoms with Gasteiger partial charge in [-0.2, -0.15) is 0 Å². The van der Waals surface area contributed by atoms with Crippen LogP contribution in [0.15, 0.2) is 23.0 Å². The summed E-state index contributed by atoms with van der Waals surface area (Å²) in [5.41, 5.74) is 1.30. The molecule has 1 unspecified atom stereocenters. The first-order valence-electron chi connectivity index (χ1n) is 5.07. The second-order valence-corrected chi connectivity index (χ2v) is 3.50. The van der Waals surface area contributed by atoms with Crippen molar-refractivity contribution in [1.29, 1.82) is 0 Å². The topological polar surface area (TPSA) is 25.2 Å². The normalized spacial score (nSPS) is 13.1. The van der Waals surface area contributed by atoms with Crippen molar-refractivity contribution in [2.75, 3.05) is 13.1 Å². The van der Waals surface area contributed by atoms with Gasteiger partial charge in [-0.1, -0.05) is 13.8 Å². The molecule has 1 aromatic rings. The van der Waals surface area contributed by atoms with Crippen molar-refractivity contribution in [1.82, 2.24) is 5.32 Å². The summed E-state index contributed by atoms with van der Waals surface area (Å²) in [7, 11) is 0. The third-order valence-electron chi connectivity index (χ3n) is 2.29. The van der Waals surface area contributed by atoms with E-state index in [2.05, 4.69) is 19.2 Å². The third kappa shape index (κ3) is 3.64. The molecule has 0 fully saturated rings. The van der Waals surface area contributed by atoms with Gasteiger partial charge in [-0.25, -0.2) is 0 Å². The summed E-state index contributed by atoms with van der Waals surface area (Å²) in [5.74, 6) is 0.600. The van der Waals surface area contributed by atoms with Crippen molar-refractivity contribution in [2.24, 2.45) is 0 Å². The van der Waals surface area contributed by atoms with Crippen LogP contribution in [0.2, 0.25) is 0 Å². The van der Waals surface area contributed by atoms with Crippen molar-refractivity contribution in [3.8, 4) is 0 Å². The highest BCUT2D eigenvalue weighted by Crippen LogP contribution is 2.18. The first-order valence-corrected chi connectivity index (χ1v) is 5.07. The molecular formula is C11H19NO. The average Bonchev–Trinajstić information content (AvgIpc) is 2.65. The predicted molar refractivity (Wildman–Crippen MR) is 54.9 cm³/mol. The average molecular weight is 181 g/mol. The van der Waals surface area contributed by atoms with Gasteiger partial charge in [-0.3, -0.25) is 0 Å². The molecule has 0 saturated carbocycles. The quantitative estimate of drug-likeness (QED) is 0.683. The first-order chi connectivity index (χ1) is 6.34. The summed E-state index contributed by atoms with van der Waals surface area (Å²) in [5, 5.41) is 3.40. The number of hydrogen-bond acceptors (Lipinski definition) is 2. The molecule has 0 spiro atoms. The molecule has 0 aliphatic carbocycles. The maximum Gasteiger partial charge on any atom is 0.0937 e. The molecule has 0 saturated heterocycles. The van der Waals surface area contributed by atoms with Gasteiger partial charge in [0.2, 0.25) is 0 Å². The van der Waals surface area contributed by atoms with E-state index in [-0.39, 0.29) is 0 Å². The minimum Gasteiger partial charge on any atom is -0.472 e. The van der Waals surface area contributed by atoms with Crippen molar-refractivity contribution < 1.29 is 4.42 Å². The van der Waals surface area contributed by atoms with Crippen molar-refractivity contribution >= 4 is 0 Å². The fourth-order valence-electron chi connectivity index (χ4n) is 1.34. The van der Waals surface area contributed by atoms with E-state index in [0.29, 0.717) is 5.92 Å². The monoisotopic (exact) mass is 181 g/mol. The van der Waals surface area contributed by atoms with Crippen LogP contribution in [0.3, 0.4) is 0 Å². The van der Waals surface area contributed by atoms with Crippen molar-refractivity contribution in [2.45, 2.75) is 32.6 Å². The summed E-state index contributed by atoms with van der Waals surface area (Å²) in [6, 6.07) is 2.05. The van der Waals surface area contributed by atoms with Crippen LogP contribution < -0.4 is 5.32 Å². The number of nitrogens with one attached hydrogen (secondary N) is 1. The first kappa shape index (κ1) is 10.3. The van der Waals surface area contributed by atoms with Crippen LogP contribution in [0.25, 0.3) is 0 Å². The van der Waals surface area contributed by atoms with Crippen LogP contribution in [0.1, 0.15) is 38.2 Å². The van der Waals surface area contributed by atoms with Gasteiger partial charge in [-0.15, -0.1) is 0 Å². The minimum atomic E-state index is 0.600. The molecule has 0 amide bonds. The van der Waals surface area contributed by atoms with Crippen LogP contribution in [0, 0.1) is 0 Å². The lowest BCUT2D eigenvalue weighted by molar-refractivity contribution is 0.550. The fraction of sp³-hybridized carbons (Fsp3) is 0.636. The highest BCUT2D eigenvalue weighted by atomic mass is 16.3. The Morgan fingerprint density at radius 2 is 2.31 bits per heavy atom. The third-order valence-corrected chi connectivity index (χ3v) is 2.29. The fourth-order valence-corrected chi connectivity index (χ4v) is 1.34. The molecule has 1 heterocycles. The Labute approximate surface area is 80.3 Å². The Morgan fingerprint density at radius 3 is 2.92 bits per heavy atom. The zero-order valence-corrected chi connectivity index (χ0v) is 8.55. The van der Waals surface area contributed by atoms with E-state index < -0.39 is 0 Å². The standard InChI is InChI=1S/C11H19NO/c1-3-6-12-7-4-10(2)11-5-8-13-9-11/h5,8-10,12H,3-4,6-7H2,1-2H3. The number of rotatable bonds is 6. The zero-order chi connectivity index (χ0) is 9.52. The summed E-state index contributed by atoms with van der Waals surface area (Å²) in [6.07, 6.45) is 5.97. The molecule has 0 aliphatic heterocycles. The van der Waals surface area contributed by atoms with Gasteiger partial charge in [0.1, 0.15) is 0 Å². The van der Waals surface area contributed by atoms with Gasteiger partial charge in [0, 0.05) is 0 Å². The Balaban J connectivity index is 2.15. The molecule has 0 aliphatic rings. The van der Waals surface area contributed by atoms with Crippen LogP contribution in [-0.4, -0.2) is 13.1 Å². The molecule has 2 heteroatoms. The van der Waals surface area contributed by atoms with E-state index in [0.717, 1.165) is 13.1 Å². The summed E-state index contributed by atoms with van der Waals surface area (Å²) in [6.45, 7) is 6.64. The van der Waals surface area contributed by atoms with Gasteiger partial charge in [-0.05, 0) is 43.5 Å². The number of hydrogen-bond donors (Lipinski definition) is 1. The van der Waals surface area contributed by atoms with Crippen LogP contribution in [0.4, 0.5) is 0 Å². The van der Waals surface area contributed by atoms with E-state index in [4.69, 9.17) is 4.42 Å². The Bertz CT molecular complexity index is 206. The molecule has 0 aromatic carbocycles. The van der Waals surface area contributed by atoms with Crippen LogP contribution in [0.5, 0.6) is 0 Å². The highest BCUT2D eigenvalue weighted by Gasteiger charge is 2.05. The lowest BCUT2D eigenvalue weighted by atomic mass is 10.0.